The molecule has 92 valence electrons. The minimum atomic E-state index is -4.51. The van der Waals surface area contributed by atoms with Gasteiger partial charge in [-0.05, 0) is 11.6 Å². The topological polar surface area (TPSA) is 46.2 Å². The predicted molar refractivity (Wildman–Crippen MR) is 57.7 cm³/mol. The first kappa shape index (κ1) is 15.5. The summed E-state index contributed by atoms with van der Waals surface area (Å²) in [6.45, 7) is -0.457. The molecule has 1 aromatic carbocycles. The van der Waals surface area contributed by atoms with E-state index < -0.39 is 29.4 Å². The smallest absolute Gasteiger partial charge is 0.394 e. The first-order valence-electron chi connectivity index (χ1n) is 4.10. The average Bonchev–Trinajstić information content (AvgIpc) is 2.15. The highest BCUT2D eigenvalue weighted by Gasteiger charge is 2.34. The molecule has 0 heterocycles. The lowest BCUT2D eigenvalue weighted by molar-refractivity contribution is -0.137. The summed E-state index contributed by atoms with van der Waals surface area (Å²) in [6.07, 6.45) is -4.51. The van der Waals surface area contributed by atoms with E-state index in [4.69, 9.17) is 22.4 Å². The molecule has 0 saturated carbocycles. The molecule has 0 saturated heterocycles. The fourth-order valence-corrected chi connectivity index (χ4v) is 1.53. The summed E-state index contributed by atoms with van der Waals surface area (Å²) >= 11 is 5.56. The predicted octanol–water partition coefficient (Wildman–Crippen LogP) is 2.77. The zero-order valence-corrected chi connectivity index (χ0v) is 9.53. The molecule has 3 N–H and O–H groups in total. The fourth-order valence-electron chi connectivity index (χ4n) is 1.15. The number of rotatable bonds is 2. The summed E-state index contributed by atoms with van der Waals surface area (Å²) in [5.74, 6) is 0. The van der Waals surface area contributed by atoms with Crippen molar-refractivity contribution in [3.05, 3.63) is 34.3 Å². The maximum absolute atomic E-state index is 12.4. The zero-order chi connectivity index (χ0) is 11.6. The maximum Gasteiger partial charge on any atom is 0.417 e. The van der Waals surface area contributed by atoms with Crippen LogP contribution in [-0.4, -0.2) is 11.7 Å². The van der Waals surface area contributed by atoms with Crippen LogP contribution in [-0.2, 0) is 6.18 Å². The Morgan fingerprint density at radius 1 is 1.38 bits per heavy atom. The minimum absolute atomic E-state index is 0. The normalized spacial score (nSPS) is 13.1. The molecule has 1 atom stereocenters. The number of aliphatic hydroxyl groups excluding tert-OH is 1. The molecule has 1 aromatic rings. The van der Waals surface area contributed by atoms with E-state index in [9.17, 15) is 13.2 Å². The molecule has 0 aliphatic carbocycles. The van der Waals surface area contributed by atoms with Gasteiger partial charge in [-0.25, -0.2) is 0 Å². The lowest BCUT2D eigenvalue weighted by Crippen LogP contribution is -2.17. The van der Waals surface area contributed by atoms with Crippen LogP contribution in [0.2, 0.25) is 5.02 Å². The molecule has 0 bridgehead atoms. The standard InChI is InChI=1S/C9H9ClF3NO.ClH/c10-8-5(7(14)4-15)2-1-3-6(8)9(11,12)13;/h1-3,7,15H,4,14H2;1H/t7-;/m0./s1. The van der Waals surface area contributed by atoms with E-state index in [1.54, 1.807) is 0 Å². The van der Waals surface area contributed by atoms with Gasteiger partial charge in [0, 0.05) is 0 Å². The molecular formula is C9H10Cl2F3NO. The van der Waals surface area contributed by atoms with Crippen LogP contribution >= 0.6 is 24.0 Å². The first-order chi connectivity index (χ1) is 6.88. The van der Waals surface area contributed by atoms with Crippen LogP contribution in [0.3, 0.4) is 0 Å². The molecular weight excluding hydrogens is 266 g/mol. The lowest BCUT2D eigenvalue weighted by Gasteiger charge is -2.15. The minimum Gasteiger partial charge on any atom is -0.394 e. The van der Waals surface area contributed by atoms with Gasteiger partial charge in [0.05, 0.1) is 23.2 Å². The third-order valence-corrected chi connectivity index (χ3v) is 2.35. The summed E-state index contributed by atoms with van der Waals surface area (Å²) < 4.78 is 37.2. The van der Waals surface area contributed by atoms with Crippen LogP contribution in [0.15, 0.2) is 18.2 Å². The summed E-state index contributed by atoms with van der Waals surface area (Å²) in [7, 11) is 0. The van der Waals surface area contributed by atoms with Gasteiger partial charge >= 0.3 is 6.18 Å². The first-order valence-corrected chi connectivity index (χ1v) is 4.47. The van der Waals surface area contributed by atoms with Crippen molar-refractivity contribution >= 4 is 24.0 Å². The van der Waals surface area contributed by atoms with Gasteiger partial charge in [0.2, 0.25) is 0 Å². The van der Waals surface area contributed by atoms with Crippen LogP contribution in [0.1, 0.15) is 17.2 Å². The summed E-state index contributed by atoms with van der Waals surface area (Å²) in [5.41, 5.74) is 4.56. The molecule has 7 heteroatoms. The van der Waals surface area contributed by atoms with Crippen LogP contribution in [0.5, 0.6) is 0 Å². The molecule has 0 aromatic heterocycles. The molecule has 0 radical (unpaired) electrons. The van der Waals surface area contributed by atoms with Crippen molar-refractivity contribution in [2.24, 2.45) is 5.73 Å². The Balaban J connectivity index is 0.00000225. The van der Waals surface area contributed by atoms with Gasteiger partial charge in [-0.3, -0.25) is 0 Å². The van der Waals surface area contributed by atoms with Crippen molar-refractivity contribution < 1.29 is 18.3 Å². The third kappa shape index (κ3) is 3.25. The van der Waals surface area contributed by atoms with Crippen molar-refractivity contribution in [3.8, 4) is 0 Å². The monoisotopic (exact) mass is 275 g/mol. The average molecular weight is 276 g/mol. The van der Waals surface area contributed by atoms with E-state index in [1.165, 1.54) is 12.1 Å². The highest BCUT2D eigenvalue weighted by Crippen LogP contribution is 2.37. The second kappa shape index (κ2) is 5.72. The summed E-state index contributed by atoms with van der Waals surface area (Å²) in [5, 5.41) is 8.29. The Bertz CT molecular complexity index is 357. The van der Waals surface area contributed by atoms with E-state index in [0.29, 0.717) is 0 Å². The SMILES string of the molecule is Cl.N[C@@H](CO)c1cccc(C(F)(F)F)c1Cl. The van der Waals surface area contributed by atoms with Gasteiger partial charge < -0.3 is 10.8 Å². The molecule has 0 amide bonds. The second-order valence-electron chi connectivity index (χ2n) is 3.00. The number of nitrogens with two attached hydrogens (primary N) is 1. The number of halogens is 5. The Kier molecular flexibility index (Phi) is 5.55. The van der Waals surface area contributed by atoms with Gasteiger partial charge in [-0.2, -0.15) is 13.2 Å². The highest BCUT2D eigenvalue weighted by molar-refractivity contribution is 6.32. The van der Waals surface area contributed by atoms with Gasteiger partial charge in [0.25, 0.3) is 0 Å². The number of alkyl halides is 3. The van der Waals surface area contributed by atoms with Gasteiger partial charge in [0.15, 0.2) is 0 Å². The van der Waals surface area contributed by atoms with Crippen molar-refractivity contribution in [1.29, 1.82) is 0 Å². The molecule has 0 unspecified atom stereocenters. The Labute approximate surface area is 102 Å². The van der Waals surface area contributed by atoms with Crippen LogP contribution in [0.4, 0.5) is 13.2 Å². The lowest BCUT2D eigenvalue weighted by atomic mass is 10.0. The van der Waals surface area contributed by atoms with Crippen molar-refractivity contribution in [2.75, 3.05) is 6.61 Å². The fraction of sp³-hybridized carbons (Fsp3) is 0.333. The highest BCUT2D eigenvalue weighted by atomic mass is 35.5. The Hall–Kier alpha value is -0.490. The number of benzene rings is 1. The third-order valence-electron chi connectivity index (χ3n) is 1.93. The summed E-state index contributed by atoms with van der Waals surface area (Å²) in [4.78, 5) is 0. The van der Waals surface area contributed by atoms with E-state index in [2.05, 4.69) is 0 Å². The van der Waals surface area contributed by atoms with Crippen LogP contribution in [0.25, 0.3) is 0 Å². The van der Waals surface area contributed by atoms with E-state index in [0.717, 1.165) is 6.07 Å². The zero-order valence-electron chi connectivity index (χ0n) is 7.96. The van der Waals surface area contributed by atoms with E-state index >= 15 is 0 Å². The van der Waals surface area contributed by atoms with Crippen LogP contribution < -0.4 is 5.73 Å². The van der Waals surface area contributed by atoms with Gasteiger partial charge in [-0.15, -0.1) is 12.4 Å². The molecule has 2 nitrogen and oxygen atoms in total. The number of aliphatic hydroxyl groups is 1. The van der Waals surface area contributed by atoms with Crippen LogP contribution in [0, 0.1) is 0 Å². The van der Waals surface area contributed by atoms with Crippen molar-refractivity contribution in [3.63, 3.8) is 0 Å². The Morgan fingerprint density at radius 3 is 2.38 bits per heavy atom. The molecule has 0 aliphatic rings. The van der Waals surface area contributed by atoms with Crippen molar-refractivity contribution in [2.45, 2.75) is 12.2 Å². The molecule has 16 heavy (non-hydrogen) atoms. The second-order valence-corrected chi connectivity index (χ2v) is 3.37. The largest absolute Gasteiger partial charge is 0.417 e. The van der Waals surface area contributed by atoms with E-state index in [-0.39, 0.29) is 18.0 Å². The quantitative estimate of drug-likeness (QED) is 0.872. The molecule has 1 rings (SSSR count). The Morgan fingerprint density at radius 2 is 1.94 bits per heavy atom. The van der Waals surface area contributed by atoms with Gasteiger partial charge in [-0.1, -0.05) is 23.7 Å². The summed E-state index contributed by atoms with van der Waals surface area (Å²) in [6, 6.07) is 2.54. The van der Waals surface area contributed by atoms with Gasteiger partial charge in [0.1, 0.15) is 0 Å². The van der Waals surface area contributed by atoms with E-state index in [1.807, 2.05) is 0 Å². The molecule has 0 spiro atoms. The maximum atomic E-state index is 12.4. The van der Waals surface area contributed by atoms with Crippen molar-refractivity contribution in [1.82, 2.24) is 0 Å². The number of hydrogen-bond donors (Lipinski definition) is 2. The molecule has 0 fully saturated rings. The molecule has 0 aliphatic heterocycles. The number of hydrogen-bond acceptors (Lipinski definition) is 2.